The molecule has 0 spiro atoms. The molecule has 1 N–H and O–H groups in total. The minimum Gasteiger partial charge on any atom is -0.349 e. The van der Waals surface area contributed by atoms with Crippen LogP contribution in [0.1, 0.15) is 45.1 Å². The third-order valence-electron chi connectivity index (χ3n) is 3.38. The van der Waals surface area contributed by atoms with Crippen molar-refractivity contribution in [2.24, 2.45) is 0 Å². The predicted octanol–water partition coefficient (Wildman–Crippen LogP) is 4.66. The Morgan fingerprint density at radius 1 is 1.17 bits per heavy atom. The molecule has 23 heavy (non-hydrogen) atoms. The van der Waals surface area contributed by atoms with E-state index in [1.165, 1.54) is 6.08 Å². The van der Waals surface area contributed by atoms with Gasteiger partial charge in [0.2, 0.25) is 5.91 Å². The zero-order valence-electron chi connectivity index (χ0n) is 13.8. The maximum absolute atomic E-state index is 12.0. The Balaban J connectivity index is 2.55. The third kappa shape index (κ3) is 8.14. The number of carbonyl (C=O) groups is 1. The van der Waals surface area contributed by atoms with Gasteiger partial charge in [-0.1, -0.05) is 50.4 Å². The maximum Gasteiger partial charge on any atom is 0.250 e. The lowest BCUT2D eigenvalue weighted by molar-refractivity contribution is -0.115. The van der Waals surface area contributed by atoms with Crippen molar-refractivity contribution >= 4 is 40.9 Å². The van der Waals surface area contributed by atoms with Gasteiger partial charge in [0.05, 0.1) is 0 Å². The number of carbonyl (C=O) groups excluding carboxylic acids is 1. The first-order valence-corrected chi connectivity index (χ1v) is 8.89. The maximum atomic E-state index is 12.0. The van der Waals surface area contributed by atoms with E-state index >= 15 is 0 Å². The minimum atomic E-state index is -0.206. The molecule has 0 atom stereocenters. The highest BCUT2D eigenvalue weighted by Crippen LogP contribution is 2.10. The fourth-order valence-electron chi connectivity index (χ4n) is 1.98. The summed E-state index contributed by atoms with van der Waals surface area (Å²) in [4.78, 5) is 14.1. The molecule has 0 aromatic heterocycles. The van der Waals surface area contributed by atoms with Crippen molar-refractivity contribution in [2.75, 3.05) is 13.1 Å². The summed E-state index contributed by atoms with van der Waals surface area (Å²) in [7, 11) is 0. The number of hydrogen-bond donors (Lipinski definition) is 1. The van der Waals surface area contributed by atoms with E-state index in [9.17, 15) is 4.79 Å². The molecular formula is C18H25ClN2OS. The molecule has 1 aromatic rings. The SMILES string of the molecule is CCCCN(CCCC)C(=S)NC(=O)/C=C/c1ccc(Cl)cc1. The lowest BCUT2D eigenvalue weighted by Crippen LogP contribution is -2.43. The molecule has 0 fully saturated rings. The van der Waals surface area contributed by atoms with Crippen LogP contribution < -0.4 is 5.32 Å². The Bertz CT molecular complexity index is 520. The Morgan fingerprint density at radius 3 is 2.26 bits per heavy atom. The summed E-state index contributed by atoms with van der Waals surface area (Å²) in [6, 6.07) is 7.31. The number of unbranched alkanes of at least 4 members (excludes halogenated alkanes) is 2. The van der Waals surface area contributed by atoms with Crippen LogP contribution in [0.3, 0.4) is 0 Å². The second kappa shape index (κ2) is 11.2. The van der Waals surface area contributed by atoms with Crippen LogP contribution in [0.2, 0.25) is 5.02 Å². The van der Waals surface area contributed by atoms with E-state index in [0.717, 1.165) is 44.3 Å². The second-order valence-corrected chi connectivity index (χ2v) is 6.20. The van der Waals surface area contributed by atoms with Gasteiger partial charge in [-0.25, -0.2) is 0 Å². The van der Waals surface area contributed by atoms with Crippen molar-refractivity contribution in [1.29, 1.82) is 0 Å². The van der Waals surface area contributed by atoms with Crippen LogP contribution in [-0.4, -0.2) is 29.0 Å². The zero-order valence-corrected chi connectivity index (χ0v) is 15.4. The summed E-state index contributed by atoms with van der Waals surface area (Å²) < 4.78 is 0. The van der Waals surface area contributed by atoms with Gasteiger partial charge < -0.3 is 4.90 Å². The molecule has 0 saturated heterocycles. The number of thiocarbonyl (C=S) groups is 1. The molecule has 0 unspecified atom stereocenters. The molecule has 1 amide bonds. The molecule has 1 rings (SSSR count). The number of hydrogen-bond acceptors (Lipinski definition) is 2. The Labute approximate surface area is 149 Å². The van der Waals surface area contributed by atoms with Crippen molar-refractivity contribution in [2.45, 2.75) is 39.5 Å². The van der Waals surface area contributed by atoms with Crippen molar-refractivity contribution < 1.29 is 4.79 Å². The molecular weight excluding hydrogens is 328 g/mol. The summed E-state index contributed by atoms with van der Waals surface area (Å²) in [5.74, 6) is -0.206. The molecule has 0 bridgehead atoms. The van der Waals surface area contributed by atoms with E-state index in [4.69, 9.17) is 23.8 Å². The molecule has 0 radical (unpaired) electrons. The monoisotopic (exact) mass is 352 g/mol. The van der Waals surface area contributed by atoms with Gasteiger partial charge in [-0.15, -0.1) is 0 Å². The second-order valence-electron chi connectivity index (χ2n) is 5.37. The average Bonchev–Trinajstić information content (AvgIpc) is 2.54. The van der Waals surface area contributed by atoms with Gasteiger partial charge in [0.25, 0.3) is 0 Å². The fourth-order valence-corrected chi connectivity index (χ4v) is 2.39. The molecule has 0 saturated carbocycles. The number of nitrogens with zero attached hydrogens (tertiary/aromatic N) is 1. The Kier molecular flexibility index (Phi) is 9.57. The number of benzene rings is 1. The lowest BCUT2D eigenvalue weighted by atomic mass is 10.2. The van der Waals surface area contributed by atoms with Gasteiger partial charge in [0.15, 0.2) is 5.11 Å². The van der Waals surface area contributed by atoms with Crippen LogP contribution in [0.4, 0.5) is 0 Å². The topological polar surface area (TPSA) is 32.3 Å². The van der Waals surface area contributed by atoms with Crippen molar-refractivity contribution in [3.05, 3.63) is 40.9 Å². The number of halogens is 1. The van der Waals surface area contributed by atoms with Gasteiger partial charge in [0.1, 0.15) is 0 Å². The molecule has 3 nitrogen and oxygen atoms in total. The Morgan fingerprint density at radius 2 is 1.74 bits per heavy atom. The van der Waals surface area contributed by atoms with Gasteiger partial charge >= 0.3 is 0 Å². The van der Waals surface area contributed by atoms with E-state index in [1.54, 1.807) is 18.2 Å². The van der Waals surface area contributed by atoms with Crippen molar-refractivity contribution in [3.8, 4) is 0 Å². The Hall–Kier alpha value is -1.39. The van der Waals surface area contributed by atoms with Crippen LogP contribution in [0.5, 0.6) is 0 Å². The molecule has 0 aliphatic heterocycles. The quantitative estimate of drug-likeness (QED) is 0.545. The first-order valence-electron chi connectivity index (χ1n) is 8.10. The van der Waals surface area contributed by atoms with E-state index in [2.05, 4.69) is 24.1 Å². The van der Waals surface area contributed by atoms with E-state index in [0.29, 0.717) is 10.1 Å². The number of amides is 1. The van der Waals surface area contributed by atoms with Crippen molar-refractivity contribution in [1.82, 2.24) is 10.2 Å². The number of nitrogens with one attached hydrogen (secondary N) is 1. The highest BCUT2D eigenvalue weighted by atomic mass is 35.5. The van der Waals surface area contributed by atoms with Crippen LogP contribution in [0.15, 0.2) is 30.3 Å². The van der Waals surface area contributed by atoms with E-state index < -0.39 is 0 Å². The summed E-state index contributed by atoms with van der Waals surface area (Å²) in [6.07, 6.45) is 7.59. The van der Waals surface area contributed by atoms with Gasteiger partial charge in [0, 0.05) is 24.2 Å². The van der Waals surface area contributed by atoms with Gasteiger partial charge in [-0.3, -0.25) is 10.1 Å². The van der Waals surface area contributed by atoms with Crippen LogP contribution >= 0.6 is 23.8 Å². The summed E-state index contributed by atoms with van der Waals surface area (Å²) in [5.41, 5.74) is 0.921. The zero-order chi connectivity index (χ0) is 17.1. The van der Waals surface area contributed by atoms with Gasteiger partial charge in [-0.2, -0.15) is 0 Å². The lowest BCUT2D eigenvalue weighted by Gasteiger charge is -2.24. The predicted molar refractivity (Wildman–Crippen MR) is 103 cm³/mol. The minimum absolute atomic E-state index is 0.206. The molecule has 126 valence electrons. The first-order chi connectivity index (χ1) is 11.1. The normalized spacial score (nSPS) is 10.7. The molecule has 0 aliphatic carbocycles. The molecule has 1 aromatic carbocycles. The van der Waals surface area contributed by atoms with E-state index in [-0.39, 0.29) is 5.91 Å². The van der Waals surface area contributed by atoms with Crippen molar-refractivity contribution in [3.63, 3.8) is 0 Å². The highest BCUT2D eigenvalue weighted by molar-refractivity contribution is 7.80. The molecule has 5 heteroatoms. The average molecular weight is 353 g/mol. The van der Waals surface area contributed by atoms with Crippen LogP contribution in [0.25, 0.3) is 6.08 Å². The van der Waals surface area contributed by atoms with Gasteiger partial charge in [-0.05, 0) is 48.8 Å². The smallest absolute Gasteiger partial charge is 0.250 e. The fraction of sp³-hybridized carbons (Fsp3) is 0.444. The molecule has 0 aliphatic rings. The summed E-state index contributed by atoms with van der Waals surface area (Å²) in [6.45, 7) is 6.07. The molecule has 0 heterocycles. The standard InChI is InChI=1S/C18H25ClN2OS/c1-3-5-13-21(14-6-4-2)18(23)20-17(22)12-9-15-7-10-16(19)11-8-15/h7-12H,3-6,13-14H2,1-2H3,(H,20,22,23)/b12-9+. The highest BCUT2D eigenvalue weighted by Gasteiger charge is 2.10. The first kappa shape index (κ1) is 19.7. The summed E-state index contributed by atoms with van der Waals surface area (Å²) >= 11 is 11.2. The van der Waals surface area contributed by atoms with Crippen LogP contribution in [-0.2, 0) is 4.79 Å². The summed E-state index contributed by atoms with van der Waals surface area (Å²) in [5, 5.41) is 3.97. The third-order valence-corrected chi connectivity index (χ3v) is 3.99. The van der Waals surface area contributed by atoms with Crippen LogP contribution in [0, 0.1) is 0 Å². The van der Waals surface area contributed by atoms with E-state index in [1.807, 2.05) is 12.1 Å². The largest absolute Gasteiger partial charge is 0.349 e. The number of rotatable bonds is 8.